The lowest BCUT2D eigenvalue weighted by molar-refractivity contribution is 0.350. The van der Waals surface area contributed by atoms with Gasteiger partial charge in [0.05, 0.1) is 6.54 Å². The molecule has 3 heteroatoms. The van der Waals surface area contributed by atoms with Gasteiger partial charge in [0.1, 0.15) is 5.82 Å². The van der Waals surface area contributed by atoms with E-state index in [0.717, 1.165) is 19.0 Å². The number of hydrogen-bond acceptors (Lipinski definition) is 2. The van der Waals surface area contributed by atoms with Crippen LogP contribution in [0.5, 0.6) is 0 Å². The highest BCUT2D eigenvalue weighted by Crippen LogP contribution is 2.23. The van der Waals surface area contributed by atoms with E-state index in [-0.39, 0.29) is 0 Å². The molecule has 1 aromatic heterocycles. The van der Waals surface area contributed by atoms with E-state index < -0.39 is 0 Å². The van der Waals surface area contributed by atoms with Crippen molar-refractivity contribution in [3.05, 3.63) is 18.2 Å². The van der Waals surface area contributed by atoms with Gasteiger partial charge >= 0.3 is 0 Å². The maximum atomic E-state index is 4.47. The molecule has 1 fully saturated rings. The maximum absolute atomic E-state index is 4.47. The third-order valence-electron chi connectivity index (χ3n) is 4.15. The molecule has 0 amide bonds. The van der Waals surface area contributed by atoms with Crippen LogP contribution < -0.4 is 5.32 Å². The highest BCUT2D eigenvalue weighted by molar-refractivity contribution is 4.93. The molecule has 18 heavy (non-hydrogen) atoms. The summed E-state index contributed by atoms with van der Waals surface area (Å²) in [6.45, 7) is 6.60. The minimum atomic E-state index is 0.680. The molecule has 1 saturated carbocycles. The Bertz CT molecular complexity index is 345. The summed E-state index contributed by atoms with van der Waals surface area (Å²) in [7, 11) is 0. The van der Waals surface area contributed by atoms with Crippen molar-refractivity contribution in [2.45, 2.75) is 71.5 Å². The average Bonchev–Trinajstić information content (AvgIpc) is 2.70. The predicted molar refractivity (Wildman–Crippen MR) is 75.4 cm³/mol. The quantitative estimate of drug-likeness (QED) is 0.811. The van der Waals surface area contributed by atoms with Crippen molar-refractivity contribution in [2.75, 3.05) is 0 Å². The molecule has 1 aliphatic rings. The molecule has 2 atom stereocenters. The molecule has 1 aromatic rings. The minimum Gasteiger partial charge on any atom is -0.334 e. The zero-order valence-corrected chi connectivity index (χ0v) is 11.9. The van der Waals surface area contributed by atoms with Crippen LogP contribution in [0, 0.1) is 5.92 Å². The second-order valence-corrected chi connectivity index (χ2v) is 5.64. The van der Waals surface area contributed by atoms with E-state index in [0.29, 0.717) is 6.04 Å². The molecule has 1 aliphatic carbocycles. The van der Waals surface area contributed by atoms with Crippen molar-refractivity contribution >= 4 is 0 Å². The van der Waals surface area contributed by atoms with E-state index in [9.17, 15) is 0 Å². The Morgan fingerprint density at radius 3 is 3.00 bits per heavy atom. The lowest BCUT2D eigenvalue weighted by Crippen LogP contribution is -2.34. The molecule has 2 unspecified atom stereocenters. The lowest BCUT2D eigenvalue weighted by atomic mass is 9.97. The Morgan fingerprint density at radius 1 is 1.33 bits per heavy atom. The molecular formula is C15H27N3. The van der Waals surface area contributed by atoms with Gasteiger partial charge in [-0.15, -0.1) is 0 Å². The average molecular weight is 249 g/mol. The van der Waals surface area contributed by atoms with Gasteiger partial charge in [0.25, 0.3) is 0 Å². The molecule has 0 aliphatic heterocycles. The summed E-state index contributed by atoms with van der Waals surface area (Å²) >= 11 is 0. The van der Waals surface area contributed by atoms with Crippen LogP contribution in [0.3, 0.4) is 0 Å². The number of rotatable bonds is 5. The molecule has 0 spiro atoms. The number of aryl methyl sites for hydroxylation is 1. The van der Waals surface area contributed by atoms with E-state index in [2.05, 4.69) is 34.9 Å². The number of nitrogens with zero attached hydrogens (tertiary/aromatic N) is 2. The molecule has 0 aromatic carbocycles. The van der Waals surface area contributed by atoms with Crippen LogP contribution in [0.2, 0.25) is 0 Å². The summed E-state index contributed by atoms with van der Waals surface area (Å²) in [6, 6.07) is 0.680. The summed E-state index contributed by atoms with van der Waals surface area (Å²) < 4.78 is 2.27. The van der Waals surface area contributed by atoms with Crippen LogP contribution >= 0.6 is 0 Å². The van der Waals surface area contributed by atoms with Crippen LogP contribution in [-0.4, -0.2) is 15.6 Å². The second kappa shape index (κ2) is 6.93. The first kappa shape index (κ1) is 13.6. The number of nitrogens with one attached hydrogen (secondary N) is 1. The van der Waals surface area contributed by atoms with Crippen LogP contribution in [0.1, 0.15) is 58.2 Å². The fraction of sp³-hybridized carbons (Fsp3) is 0.800. The van der Waals surface area contributed by atoms with Crippen LogP contribution in [0.15, 0.2) is 12.4 Å². The lowest BCUT2D eigenvalue weighted by Gasteiger charge is -2.23. The van der Waals surface area contributed by atoms with E-state index in [4.69, 9.17) is 0 Å². The molecule has 102 valence electrons. The van der Waals surface area contributed by atoms with Crippen molar-refractivity contribution in [1.82, 2.24) is 14.9 Å². The summed E-state index contributed by atoms with van der Waals surface area (Å²) in [5.41, 5.74) is 0. The molecule has 0 bridgehead atoms. The van der Waals surface area contributed by atoms with E-state index in [1.54, 1.807) is 0 Å². The zero-order valence-electron chi connectivity index (χ0n) is 11.9. The predicted octanol–water partition coefficient (Wildman–Crippen LogP) is 3.35. The van der Waals surface area contributed by atoms with Crippen LogP contribution in [0.25, 0.3) is 0 Å². The molecule has 0 radical (unpaired) electrons. The fourth-order valence-corrected chi connectivity index (χ4v) is 2.97. The summed E-state index contributed by atoms with van der Waals surface area (Å²) in [5.74, 6) is 2.00. The van der Waals surface area contributed by atoms with Crippen LogP contribution in [0.4, 0.5) is 0 Å². The smallest absolute Gasteiger partial charge is 0.122 e. The third-order valence-corrected chi connectivity index (χ3v) is 4.15. The monoisotopic (exact) mass is 249 g/mol. The van der Waals surface area contributed by atoms with Crippen molar-refractivity contribution < 1.29 is 0 Å². The SMILES string of the molecule is CCCn1ccnc1CNC1CCCCCC1C. The standard InChI is InChI=1S/C15H27N3/c1-3-10-18-11-9-16-15(18)12-17-14-8-6-4-5-7-13(14)2/h9,11,13-14,17H,3-8,10,12H2,1-2H3. The van der Waals surface area contributed by atoms with Gasteiger partial charge in [0.15, 0.2) is 0 Å². The van der Waals surface area contributed by atoms with Gasteiger partial charge in [-0.3, -0.25) is 0 Å². The van der Waals surface area contributed by atoms with Gasteiger partial charge in [-0.05, 0) is 25.2 Å². The first-order chi connectivity index (χ1) is 8.81. The van der Waals surface area contributed by atoms with E-state index in [1.165, 1.54) is 44.3 Å². The number of imidazole rings is 1. The van der Waals surface area contributed by atoms with Gasteiger partial charge in [-0.25, -0.2) is 4.98 Å². The molecule has 1 heterocycles. The summed E-state index contributed by atoms with van der Waals surface area (Å²) in [4.78, 5) is 4.47. The van der Waals surface area contributed by atoms with Crippen molar-refractivity contribution in [3.63, 3.8) is 0 Å². The molecule has 0 saturated heterocycles. The normalized spacial score (nSPS) is 25.0. The molecule has 2 rings (SSSR count). The Labute approximate surface area is 111 Å². The van der Waals surface area contributed by atoms with Gasteiger partial charge in [0, 0.05) is 25.0 Å². The van der Waals surface area contributed by atoms with E-state index in [1.807, 2.05) is 6.20 Å². The zero-order chi connectivity index (χ0) is 12.8. The Balaban J connectivity index is 1.87. The van der Waals surface area contributed by atoms with Gasteiger partial charge < -0.3 is 9.88 Å². The van der Waals surface area contributed by atoms with E-state index >= 15 is 0 Å². The number of hydrogen-bond donors (Lipinski definition) is 1. The first-order valence-electron chi connectivity index (χ1n) is 7.54. The molecule has 1 N–H and O–H groups in total. The first-order valence-corrected chi connectivity index (χ1v) is 7.54. The van der Waals surface area contributed by atoms with Gasteiger partial charge in [-0.2, -0.15) is 0 Å². The second-order valence-electron chi connectivity index (χ2n) is 5.64. The Kier molecular flexibility index (Phi) is 5.24. The van der Waals surface area contributed by atoms with Crippen molar-refractivity contribution in [3.8, 4) is 0 Å². The molecular weight excluding hydrogens is 222 g/mol. The van der Waals surface area contributed by atoms with Crippen molar-refractivity contribution in [1.29, 1.82) is 0 Å². The third kappa shape index (κ3) is 3.58. The topological polar surface area (TPSA) is 29.9 Å². The van der Waals surface area contributed by atoms with Gasteiger partial charge in [-0.1, -0.05) is 33.1 Å². The Hall–Kier alpha value is -0.830. The largest absolute Gasteiger partial charge is 0.334 e. The summed E-state index contributed by atoms with van der Waals surface area (Å²) in [5, 5.41) is 3.73. The van der Waals surface area contributed by atoms with Gasteiger partial charge in [0.2, 0.25) is 0 Å². The van der Waals surface area contributed by atoms with Crippen LogP contribution in [-0.2, 0) is 13.1 Å². The highest BCUT2D eigenvalue weighted by Gasteiger charge is 2.19. The highest BCUT2D eigenvalue weighted by atomic mass is 15.1. The Morgan fingerprint density at radius 2 is 2.17 bits per heavy atom. The fourth-order valence-electron chi connectivity index (χ4n) is 2.97. The maximum Gasteiger partial charge on any atom is 0.122 e. The minimum absolute atomic E-state index is 0.680. The number of aromatic nitrogens is 2. The van der Waals surface area contributed by atoms with Crippen molar-refractivity contribution in [2.24, 2.45) is 5.92 Å². The molecule has 3 nitrogen and oxygen atoms in total. The summed E-state index contributed by atoms with van der Waals surface area (Å²) in [6.07, 6.45) is 12.1.